The molecule has 0 saturated heterocycles. The average molecular weight is 386 g/mol. The fourth-order valence-electron chi connectivity index (χ4n) is 2.02. The summed E-state index contributed by atoms with van der Waals surface area (Å²) in [4.78, 5) is 15.6. The van der Waals surface area contributed by atoms with Crippen LogP contribution in [0.4, 0.5) is 8.78 Å². The van der Waals surface area contributed by atoms with Crippen LogP contribution in [-0.2, 0) is 11.3 Å². The minimum absolute atomic E-state index is 0.0609. The van der Waals surface area contributed by atoms with Crippen LogP contribution < -0.4 is 9.47 Å². The number of hydrogen-bond acceptors (Lipinski definition) is 5. The first-order valence-electron chi connectivity index (χ1n) is 7.91. The average Bonchev–Trinajstić information content (AvgIpc) is 2.57. The number of ether oxygens (including phenoxy) is 3. The maximum Gasteiger partial charge on any atom is 0.341 e. The van der Waals surface area contributed by atoms with Gasteiger partial charge >= 0.3 is 5.97 Å². The monoisotopic (exact) mass is 385 g/mol. The fourth-order valence-corrected chi connectivity index (χ4v) is 2.22. The molecule has 140 valence electrons. The molecule has 0 radical (unpaired) electrons. The summed E-state index contributed by atoms with van der Waals surface area (Å²) in [6.45, 7) is 5.04. The number of pyridine rings is 1. The molecule has 0 aliphatic carbocycles. The van der Waals surface area contributed by atoms with Crippen molar-refractivity contribution >= 4 is 17.6 Å². The van der Waals surface area contributed by atoms with Gasteiger partial charge in [0.2, 0.25) is 5.88 Å². The zero-order chi connectivity index (χ0) is 19.3. The Balaban J connectivity index is 2.11. The summed E-state index contributed by atoms with van der Waals surface area (Å²) in [6.07, 6.45) is 1.27. The maximum absolute atomic E-state index is 14.1. The highest BCUT2D eigenvalue weighted by molar-refractivity contribution is 6.31. The van der Waals surface area contributed by atoms with Gasteiger partial charge in [-0.05, 0) is 32.9 Å². The molecule has 0 fully saturated rings. The van der Waals surface area contributed by atoms with Crippen molar-refractivity contribution in [2.24, 2.45) is 0 Å². The molecule has 0 aliphatic heterocycles. The van der Waals surface area contributed by atoms with Gasteiger partial charge in [-0.2, -0.15) is 0 Å². The van der Waals surface area contributed by atoms with Crippen molar-refractivity contribution in [3.8, 4) is 11.6 Å². The SMILES string of the molecule is CCOC(=O)c1cc(F)c(COc2cnc(OC(C)C)c(Cl)c2)cc1F. The smallest absolute Gasteiger partial charge is 0.341 e. The summed E-state index contributed by atoms with van der Waals surface area (Å²) in [5, 5.41) is 0.237. The Hall–Kier alpha value is -2.41. The summed E-state index contributed by atoms with van der Waals surface area (Å²) < 4.78 is 43.6. The third-order valence-corrected chi connectivity index (χ3v) is 3.43. The van der Waals surface area contributed by atoms with E-state index in [9.17, 15) is 13.6 Å². The number of benzene rings is 1. The molecule has 0 spiro atoms. The molecule has 0 aliphatic rings. The Kier molecular flexibility index (Phi) is 6.74. The Morgan fingerprint density at radius 1 is 1.23 bits per heavy atom. The van der Waals surface area contributed by atoms with Gasteiger partial charge in [-0.25, -0.2) is 18.6 Å². The Labute approximate surface area is 154 Å². The molecule has 1 aromatic carbocycles. The van der Waals surface area contributed by atoms with Gasteiger partial charge in [-0.15, -0.1) is 0 Å². The lowest BCUT2D eigenvalue weighted by molar-refractivity contribution is 0.0520. The molecule has 1 aromatic heterocycles. The zero-order valence-electron chi connectivity index (χ0n) is 14.5. The molecule has 0 atom stereocenters. The number of rotatable bonds is 7. The number of hydrogen-bond donors (Lipinski definition) is 0. The van der Waals surface area contributed by atoms with E-state index in [-0.39, 0.29) is 41.5 Å². The van der Waals surface area contributed by atoms with Gasteiger partial charge in [-0.1, -0.05) is 11.6 Å². The maximum atomic E-state index is 14.1. The molecule has 8 heteroatoms. The van der Waals surface area contributed by atoms with Crippen molar-refractivity contribution in [1.82, 2.24) is 4.98 Å². The molecular weight excluding hydrogens is 368 g/mol. The summed E-state index contributed by atoms with van der Waals surface area (Å²) in [7, 11) is 0. The number of carbonyl (C=O) groups is 1. The lowest BCUT2D eigenvalue weighted by atomic mass is 10.1. The normalized spacial score (nSPS) is 10.7. The molecule has 0 amide bonds. The predicted molar refractivity (Wildman–Crippen MR) is 91.7 cm³/mol. The first-order valence-corrected chi connectivity index (χ1v) is 8.29. The predicted octanol–water partition coefficient (Wildman–Crippen LogP) is 4.56. The van der Waals surface area contributed by atoms with Crippen LogP contribution in [0, 0.1) is 11.6 Å². The molecule has 0 unspecified atom stereocenters. The van der Waals surface area contributed by atoms with Crippen LogP contribution >= 0.6 is 11.6 Å². The van der Waals surface area contributed by atoms with Gasteiger partial charge in [0.05, 0.1) is 24.5 Å². The van der Waals surface area contributed by atoms with E-state index in [0.717, 1.165) is 12.1 Å². The standard InChI is InChI=1S/C18H18ClF2NO4/c1-4-24-18(23)13-7-15(20)11(5-16(13)21)9-25-12-6-14(19)17(22-8-12)26-10(2)3/h5-8,10H,4,9H2,1-3H3. The highest BCUT2D eigenvalue weighted by Crippen LogP contribution is 2.27. The molecule has 2 aromatic rings. The minimum atomic E-state index is -0.923. The molecule has 0 bridgehead atoms. The van der Waals surface area contributed by atoms with E-state index < -0.39 is 23.2 Å². The Morgan fingerprint density at radius 2 is 1.96 bits per heavy atom. The third kappa shape index (κ3) is 5.05. The second-order valence-electron chi connectivity index (χ2n) is 5.56. The van der Waals surface area contributed by atoms with Crippen LogP contribution in [0.15, 0.2) is 24.4 Å². The summed E-state index contributed by atoms with van der Waals surface area (Å²) in [5.74, 6) is -2.08. The highest BCUT2D eigenvalue weighted by Gasteiger charge is 2.17. The van der Waals surface area contributed by atoms with Crippen molar-refractivity contribution in [3.63, 3.8) is 0 Å². The van der Waals surface area contributed by atoms with Crippen molar-refractivity contribution in [2.45, 2.75) is 33.5 Å². The number of carbonyl (C=O) groups excluding carboxylic acids is 1. The number of nitrogens with zero attached hydrogens (tertiary/aromatic N) is 1. The molecule has 1 heterocycles. The summed E-state index contributed by atoms with van der Waals surface area (Å²) in [6, 6.07) is 3.15. The molecule has 2 rings (SSSR count). The number of halogens is 3. The van der Waals surface area contributed by atoms with Crippen molar-refractivity contribution in [1.29, 1.82) is 0 Å². The van der Waals surface area contributed by atoms with Crippen LogP contribution in [0.25, 0.3) is 0 Å². The van der Waals surface area contributed by atoms with Gasteiger partial charge in [0.25, 0.3) is 0 Å². The van der Waals surface area contributed by atoms with Crippen molar-refractivity contribution in [2.75, 3.05) is 6.61 Å². The largest absolute Gasteiger partial charge is 0.487 e. The van der Waals surface area contributed by atoms with Gasteiger partial charge in [0, 0.05) is 11.6 Å². The van der Waals surface area contributed by atoms with E-state index in [4.69, 9.17) is 21.1 Å². The van der Waals surface area contributed by atoms with Gasteiger partial charge in [0.15, 0.2) is 0 Å². The van der Waals surface area contributed by atoms with E-state index in [1.54, 1.807) is 6.92 Å². The van der Waals surface area contributed by atoms with Crippen molar-refractivity contribution < 1.29 is 27.8 Å². The van der Waals surface area contributed by atoms with E-state index in [1.165, 1.54) is 12.3 Å². The van der Waals surface area contributed by atoms with Crippen LogP contribution in [0.2, 0.25) is 5.02 Å². The van der Waals surface area contributed by atoms with Crippen molar-refractivity contribution in [3.05, 3.63) is 52.2 Å². The van der Waals surface area contributed by atoms with Crippen LogP contribution in [-0.4, -0.2) is 23.7 Å². The molecule has 26 heavy (non-hydrogen) atoms. The van der Waals surface area contributed by atoms with E-state index in [0.29, 0.717) is 0 Å². The Morgan fingerprint density at radius 3 is 2.58 bits per heavy atom. The number of aromatic nitrogens is 1. The van der Waals surface area contributed by atoms with E-state index in [1.807, 2.05) is 13.8 Å². The molecule has 5 nitrogen and oxygen atoms in total. The molecule has 0 saturated carbocycles. The third-order valence-electron chi connectivity index (χ3n) is 3.16. The van der Waals surface area contributed by atoms with E-state index in [2.05, 4.69) is 9.72 Å². The minimum Gasteiger partial charge on any atom is -0.487 e. The lowest BCUT2D eigenvalue weighted by Gasteiger charge is -2.12. The lowest BCUT2D eigenvalue weighted by Crippen LogP contribution is -2.10. The highest BCUT2D eigenvalue weighted by atomic mass is 35.5. The number of esters is 1. The fraction of sp³-hybridized carbons (Fsp3) is 0.333. The van der Waals surface area contributed by atoms with Crippen LogP contribution in [0.3, 0.4) is 0 Å². The zero-order valence-corrected chi connectivity index (χ0v) is 15.3. The van der Waals surface area contributed by atoms with Gasteiger partial charge < -0.3 is 14.2 Å². The first-order chi connectivity index (χ1) is 12.3. The summed E-state index contributed by atoms with van der Waals surface area (Å²) >= 11 is 6.04. The summed E-state index contributed by atoms with van der Waals surface area (Å²) in [5.41, 5.74) is -0.526. The Bertz CT molecular complexity index is 799. The van der Waals surface area contributed by atoms with Gasteiger partial charge in [0.1, 0.15) is 29.0 Å². The topological polar surface area (TPSA) is 57.7 Å². The quantitative estimate of drug-likeness (QED) is 0.654. The van der Waals surface area contributed by atoms with Crippen LogP contribution in [0.5, 0.6) is 11.6 Å². The molecular formula is C18H18ClF2NO4. The second kappa shape index (κ2) is 8.80. The van der Waals surface area contributed by atoms with Crippen LogP contribution in [0.1, 0.15) is 36.7 Å². The first kappa shape index (κ1) is 19.9. The molecule has 0 N–H and O–H groups in total. The van der Waals surface area contributed by atoms with E-state index >= 15 is 0 Å². The van der Waals surface area contributed by atoms with Gasteiger partial charge in [-0.3, -0.25) is 0 Å². The second-order valence-corrected chi connectivity index (χ2v) is 5.96.